The fourth-order valence-corrected chi connectivity index (χ4v) is 5.69. The number of carbonyl (C=O) groups is 3. The summed E-state index contributed by atoms with van der Waals surface area (Å²) in [4.78, 5) is 41.1. The number of rotatable bonds is 8. The zero-order valence-electron chi connectivity index (χ0n) is 19.9. The fourth-order valence-electron chi connectivity index (χ4n) is 5.69. The highest BCUT2D eigenvalue weighted by Crippen LogP contribution is 2.29. The van der Waals surface area contributed by atoms with Crippen molar-refractivity contribution in [2.45, 2.75) is 108 Å². The molecule has 6 N–H and O–H groups in total. The predicted molar refractivity (Wildman–Crippen MR) is 126 cm³/mol. The van der Waals surface area contributed by atoms with Gasteiger partial charge in [0.2, 0.25) is 17.7 Å². The third-order valence-corrected chi connectivity index (χ3v) is 7.80. The third-order valence-electron chi connectivity index (χ3n) is 7.80. The summed E-state index contributed by atoms with van der Waals surface area (Å²) in [6, 6.07) is -1.96. The molecular weight excluding hydrogens is 423 g/mol. The van der Waals surface area contributed by atoms with Gasteiger partial charge in [-0.3, -0.25) is 14.4 Å². The number of carbonyl (C=O) groups excluding carboxylic acids is 3. The second-order valence-corrected chi connectivity index (χ2v) is 10.2. The van der Waals surface area contributed by atoms with Gasteiger partial charge in [-0.15, -0.1) is 0 Å². The first kappa shape index (κ1) is 26.0. The van der Waals surface area contributed by atoms with Crippen molar-refractivity contribution in [3.8, 4) is 0 Å². The number of nitrogens with zero attached hydrogens (tertiary/aromatic N) is 1. The molecule has 1 saturated heterocycles. The molecule has 2 unspecified atom stereocenters. The topological polar surface area (TPSA) is 145 Å². The minimum absolute atomic E-state index is 0.0132. The van der Waals surface area contributed by atoms with Crippen LogP contribution in [0.5, 0.6) is 0 Å². The van der Waals surface area contributed by atoms with Crippen LogP contribution >= 0.6 is 0 Å². The van der Waals surface area contributed by atoms with Crippen molar-refractivity contribution in [1.82, 2.24) is 15.5 Å². The summed E-state index contributed by atoms with van der Waals surface area (Å²) in [7, 11) is -1.68. The molecule has 1 heterocycles. The summed E-state index contributed by atoms with van der Waals surface area (Å²) in [6.07, 6.45) is 11.3. The first-order chi connectivity index (χ1) is 15.8. The van der Waals surface area contributed by atoms with Crippen LogP contribution in [-0.2, 0) is 14.4 Å². The van der Waals surface area contributed by atoms with E-state index in [2.05, 4.69) is 10.6 Å². The molecule has 10 heteroatoms. The molecule has 9 nitrogen and oxygen atoms in total. The minimum Gasteiger partial charge on any atom is -0.426 e. The normalized spacial score (nSPS) is 25.2. The number of likely N-dealkylation sites (tertiary alicyclic amines) is 1. The summed E-state index contributed by atoms with van der Waals surface area (Å²) < 4.78 is 0. The van der Waals surface area contributed by atoms with Crippen LogP contribution in [0.3, 0.4) is 0 Å². The molecule has 3 rings (SSSR count). The van der Waals surface area contributed by atoms with E-state index in [1.54, 1.807) is 4.90 Å². The Labute approximate surface area is 197 Å². The van der Waals surface area contributed by atoms with Crippen LogP contribution in [0.2, 0.25) is 0 Å². The van der Waals surface area contributed by atoms with Crippen LogP contribution in [-0.4, -0.2) is 70.4 Å². The standard InChI is InChI=1S/C23H41BN4O5/c1-15(24(32)33)26-22(30)20(17-11-6-3-7-12-17)27-21(29)18-13-8-14-28(18)23(31)19(25)16-9-4-2-5-10-16/h15-20,32-33H,2-14,25H2,1H3,(H,26,30)(H,27,29)/t15-,18-,19?,20?/m0/s1. The first-order valence-corrected chi connectivity index (χ1v) is 12.8. The Morgan fingerprint density at radius 1 is 0.879 bits per heavy atom. The molecule has 33 heavy (non-hydrogen) atoms. The smallest absolute Gasteiger partial charge is 0.426 e. The lowest BCUT2D eigenvalue weighted by atomic mass is 9.79. The summed E-state index contributed by atoms with van der Waals surface area (Å²) >= 11 is 0. The lowest BCUT2D eigenvalue weighted by molar-refractivity contribution is -0.141. The molecule has 4 atom stereocenters. The van der Waals surface area contributed by atoms with Gasteiger partial charge in [0.05, 0.1) is 12.0 Å². The van der Waals surface area contributed by atoms with Crippen molar-refractivity contribution in [3.63, 3.8) is 0 Å². The van der Waals surface area contributed by atoms with Gasteiger partial charge in [0.15, 0.2) is 0 Å². The molecule has 2 aliphatic carbocycles. The zero-order chi connectivity index (χ0) is 24.0. The molecule has 0 aromatic carbocycles. The van der Waals surface area contributed by atoms with Crippen LogP contribution in [0.25, 0.3) is 0 Å². The number of hydrogen-bond acceptors (Lipinski definition) is 6. The van der Waals surface area contributed by atoms with E-state index in [-0.39, 0.29) is 23.7 Å². The van der Waals surface area contributed by atoms with Gasteiger partial charge < -0.3 is 31.3 Å². The highest BCUT2D eigenvalue weighted by atomic mass is 16.4. The second-order valence-electron chi connectivity index (χ2n) is 10.2. The SMILES string of the molecule is C[C@H](NC(=O)C(NC(=O)[C@@H]1CCCN1C(=O)C(N)C1CCCCC1)C1CCCCC1)B(O)O. The summed E-state index contributed by atoms with van der Waals surface area (Å²) in [5, 5.41) is 24.3. The zero-order valence-corrected chi connectivity index (χ0v) is 19.9. The molecule has 186 valence electrons. The van der Waals surface area contributed by atoms with Crippen molar-refractivity contribution in [2.75, 3.05) is 6.54 Å². The van der Waals surface area contributed by atoms with E-state index < -0.39 is 37.1 Å². The molecule has 3 fully saturated rings. The Morgan fingerprint density at radius 3 is 2.03 bits per heavy atom. The first-order valence-electron chi connectivity index (χ1n) is 12.8. The molecule has 0 aromatic heterocycles. The summed E-state index contributed by atoms with van der Waals surface area (Å²) in [5.41, 5.74) is 6.35. The Kier molecular flexibility index (Phi) is 9.58. The van der Waals surface area contributed by atoms with E-state index in [9.17, 15) is 24.4 Å². The van der Waals surface area contributed by atoms with Crippen molar-refractivity contribution >= 4 is 24.8 Å². The van der Waals surface area contributed by atoms with E-state index in [4.69, 9.17) is 5.73 Å². The quantitative estimate of drug-likeness (QED) is 0.330. The highest BCUT2D eigenvalue weighted by Gasteiger charge is 2.41. The molecule has 2 saturated carbocycles. The van der Waals surface area contributed by atoms with Crippen LogP contribution in [0, 0.1) is 11.8 Å². The average molecular weight is 464 g/mol. The summed E-state index contributed by atoms with van der Waals surface area (Å²) in [5.74, 6) is -1.58. The van der Waals surface area contributed by atoms with Crippen molar-refractivity contribution in [2.24, 2.45) is 17.6 Å². The predicted octanol–water partition coefficient (Wildman–Crippen LogP) is 0.467. The molecule has 1 aliphatic heterocycles. The van der Waals surface area contributed by atoms with Crippen LogP contribution in [0.4, 0.5) is 0 Å². The third kappa shape index (κ3) is 6.70. The van der Waals surface area contributed by atoms with E-state index in [1.807, 2.05) is 0 Å². The molecule has 0 bridgehead atoms. The van der Waals surface area contributed by atoms with Crippen LogP contribution in [0.1, 0.15) is 84.0 Å². The van der Waals surface area contributed by atoms with Gasteiger partial charge in [-0.2, -0.15) is 0 Å². The van der Waals surface area contributed by atoms with Gasteiger partial charge in [-0.05, 0) is 57.3 Å². The summed E-state index contributed by atoms with van der Waals surface area (Å²) in [6.45, 7) is 2.01. The number of nitrogens with one attached hydrogen (secondary N) is 2. The van der Waals surface area contributed by atoms with E-state index >= 15 is 0 Å². The molecular formula is C23H41BN4O5. The Balaban J connectivity index is 1.67. The van der Waals surface area contributed by atoms with E-state index in [0.29, 0.717) is 13.0 Å². The largest absolute Gasteiger partial charge is 0.475 e. The van der Waals surface area contributed by atoms with Crippen LogP contribution < -0.4 is 16.4 Å². The molecule has 3 amide bonds. The lowest BCUT2D eigenvalue weighted by Gasteiger charge is -2.34. The van der Waals surface area contributed by atoms with Gasteiger partial charge in [0, 0.05) is 6.54 Å². The maximum Gasteiger partial charge on any atom is 0.475 e. The molecule has 3 aliphatic rings. The molecule has 0 radical (unpaired) electrons. The van der Waals surface area contributed by atoms with Crippen molar-refractivity contribution in [1.29, 1.82) is 0 Å². The van der Waals surface area contributed by atoms with Crippen molar-refractivity contribution in [3.05, 3.63) is 0 Å². The Morgan fingerprint density at radius 2 is 1.45 bits per heavy atom. The van der Waals surface area contributed by atoms with Gasteiger partial charge >= 0.3 is 7.12 Å². The van der Waals surface area contributed by atoms with Crippen molar-refractivity contribution < 1.29 is 24.4 Å². The highest BCUT2D eigenvalue weighted by molar-refractivity contribution is 6.43. The van der Waals surface area contributed by atoms with E-state index in [0.717, 1.165) is 64.2 Å². The molecule has 0 aromatic rings. The fraction of sp³-hybridized carbons (Fsp3) is 0.870. The van der Waals surface area contributed by atoms with Gasteiger partial charge in [-0.25, -0.2) is 0 Å². The Hall–Kier alpha value is -1.65. The molecule has 0 spiro atoms. The van der Waals surface area contributed by atoms with Gasteiger partial charge in [0.25, 0.3) is 0 Å². The minimum atomic E-state index is -1.68. The number of hydrogen-bond donors (Lipinski definition) is 5. The van der Waals surface area contributed by atoms with Crippen LogP contribution in [0.15, 0.2) is 0 Å². The van der Waals surface area contributed by atoms with E-state index in [1.165, 1.54) is 13.3 Å². The maximum absolute atomic E-state index is 13.3. The number of amides is 3. The monoisotopic (exact) mass is 464 g/mol. The number of nitrogens with two attached hydrogens (primary N) is 1. The maximum atomic E-state index is 13.3. The van der Waals surface area contributed by atoms with Gasteiger partial charge in [-0.1, -0.05) is 38.5 Å². The lowest BCUT2D eigenvalue weighted by Crippen LogP contribution is -2.59. The second kappa shape index (κ2) is 12.2. The average Bonchev–Trinajstić information content (AvgIpc) is 3.32. The Bertz CT molecular complexity index is 682. The van der Waals surface area contributed by atoms with Gasteiger partial charge in [0.1, 0.15) is 12.1 Å².